The van der Waals surface area contributed by atoms with E-state index in [1.807, 2.05) is 25.1 Å². The second-order valence-electron chi connectivity index (χ2n) is 3.55. The fourth-order valence-electron chi connectivity index (χ4n) is 1.43. The molecule has 3 nitrogen and oxygen atoms in total. The molecule has 0 heterocycles. The van der Waals surface area contributed by atoms with Crippen LogP contribution >= 0.6 is 15.9 Å². The van der Waals surface area contributed by atoms with Crippen LogP contribution in [0.25, 0.3) is 0 Å². The average Bonchev–Trinajstić information content (AvgIpc) is 2.16. The summed E-state index contributed by atoms with van der Waals surface area (Å²) in [5.41, 5.74) is 1.65. The van der Waals surface area contributed by atoms with Crippen molar-refractivity contribution in [3.8, 4) is 5.75 Å². The van der Waals surface area contributed by atoms with Crippen LogP contribution in [0.5, 0.6) is 5.75 Å². The minimum Gasteiger partial charge on any atom is -0.495 e. The first kappa shape index (κ1) is 12.2. The lowest BCUT2D eigenvalue weighted by Crippen LogP contribution is -2.12. The van der Waals surface area contributed by atoms with E-state index < -0.39 is 0 Å². The summed E-state index contributed by atoms with van der Waals surface area (Å²) in [6, 6.07) is 3.60. The molecule has 0 aliphatic carbocycles. The average molecular weight is 272 g/mol. The molecule has 0 saturated heterocycles. The van der Waals surface area contributed by atoms with E-state index in [4.69, 9.17) is 4.74 Å². The molecule has 0 saturated carbocycles. The lowest BCUT2D eigenvalue weighted by atomic mass is 10.1. The molecule has 0 fully saturated rings. The number of aldehydes is 1. The van der Waals surface area contributed by atoms with Gasteiger partial charge in [0.1, 0.15) is 12.0 Å². The fraction of sp³-hybridized carbons (Fsp3) is 0.364. The highest BCUT2D eigenvalue weighted by Crippen LogP contribution is 2.30. The Morgan fingerprint density at radius 2 is 2.13 bits per heavy atom. The zero-order valence-corrected chi connectivity index (χ0v) is 10.7. The van der Waals surface area contributed by atoms with Gasteiger partial charge in [0.2, 0.25) is 0 Å². The van der Waals surface area contributed by atoms with Crippen molar-refractivity contribution in [2.75, 3.05) is 21.2 Å². The van der Waals surface area contributed by atoms with Gasteiger partial charge in [0.05, 0.1) is 11.6 Å². The molecule has 0 aromatic heterocycles. The van der Waals surface area contributed by atoms with Crippen molar-refractivity contribution in [1.29, 1.82) is 0 Å². The molecule has 15 heavy (non-hydrogen) atoms. The number of carbonyl (C=O) groups excluding carboxylic acids is 1. The van der Waals surface area contributed by atoms with Gasteiger partial charge in [-0.05, 0) is 42.2 Å². The third-order valence-electron chi connectivity index (χ3n) is 1.97. The predicted octanol–water partition coefficient (Wildman–Crippen LogP) is 2.33. The molecule has 0 bridgehead atoms. The number of ether oxygens (including phenoxy) is 1. The Bertz CT molecular complexity index is 364. The minimum atomic E-state index is 0.652. The molecule has 0 radical (unpaired) electrons. The highest BCUT2D eigenvalue weighted by atomic mass is 79.9. The van der Waals surface area contributed by atoms with Crippen LogP contribution in [0.15, 0.2) is 16.6 Å². The molecule has 0 N–H and O–H groups in total. The zero-order chi connectivity index (χ0) is 11.4. The molecule has 0 spiro atoms. The molecule has 0 aliphatic rings. The van der Waals surface area contributed by atoms with E-state index in [2.05, 4.69) is 15.9 Å². The lowest BCUT2D eigenvalue weighted by Gasteiger charge is -2.15. The first-order chi connectivity index (χ1) is 7.08. The smallest absolute Gasteiger partial charge is 0.150 e. The lowest BCUT2D eigenvalue weighted by molar-refractivity contribution is 0.112. The second-order valence-corrected chi connectivity index (χ2v) is 4.41. The van der Waals surface area contributed by atoms with Gasteiger partial charge in [-0.25, -0.2) is 0 Å². The summed E-state index contributed by atoms with van der Waals surface area (Å²) in [6.07, 6.45) is 0.837. The van der Waals surface area contributed by atoms with Crippen molar-refractivity contribution in [2.24, 2.45) is 0 Å². The SMILES string of the molecule is COc1c(Br)cc(C=O)cc1CN(C)C. The molecule has 1 aromatic carbocycles. The predicted molar refractivity (Wildman–Crippen MR) is 63.5 cm³/mol. The van der Waals surface area contributed by atoms with Gasteiger partial charge in [0.15, 0.2) is 0 Å². The van der Waals surface area contributed by atoms with Crippen LogP contribution in [-0.2, 0) is 6.54 Å². The van der Waals surface area contributed by atoms with Crippen LogP contribution in [0.4, 0.5) is 0 Å². The summed E-state index contributed by atoms with van der Waals surface area (Å²) < 4.78 is 6.10. The standard InChI is InChI=1S/C11H14BrNO2/c1-13(2)6-9-4-8(7-14)5-10(12)11(9)15-3/h4-5,7H,6H2,1-3H3. The highest BCUT2D eigenvalue weighted by molar-refractivity contribution is 9.10. The summed E-state index contributed by atoms with van der Waals surface area (Å²) in [5.74, 6) is 0.786. The zero-order valence-electron chi connectivity index (χ0n) is 9.08. The summed E-state index contributed by atoms with van der Waals surface area (Å²) in [5, 5.41) is 0. The number of halogens is 1. The van der Waals surface area contributed by atoms with E-state index in [1.165, 1.54) is 0 Å². The Balaban J connectivity index is 3.19. The summed E-state index contributed by atoms with van der Waals surface area (Å²) in [4.78, 5) is 12.7. The largest absolute Gasteiger partial charge is 0.495 e. The molecule has 1 aromatic rings. The van der Waals surface area contributed by atoms with Crippen molar-refractivity contribution in [2.45, 2.75) is 6.54 Å². The number of carbonyl (C=O) groups is 1. The molecular weight excluding hydrogens is 258 g/mol. The Labute approximate surface area is 98.2 Å². The Morgan fingerprint density at radius 3 is 2.60 bits per heavy atom. The Kier molecular flexibility index (Phi) is 4.29. The molecule has 0 aliphatic heterocycles. The van der Waals surface area contributed by atoms with Crippen LogP contribution in [0, 0.1) is 0 Å². The maximum absolute atomic E-state index is 10.7. The summed E-state index contributed by atoms with van der Waals surface area (Å²) in [7, 11) is 5.57. The van der Waals surface area contributed by atoms with Gasteiger partial charge in [0.25, 0.3) is 0 Å². The van der Waals surface area contributed by atoms with Gasteiger partial charge in [-0.15, -0.1) is 0 Å². The van der Waals surface area contributed by atoms with Crippen molar-refractivity contribution in [3.05, 3.63) is 27.7 Å². The maximum Gasteiger partial charge on any atom is 0.150 e. The van der Waals surface area contributed by atoms with Gasteiger partial charge >= 0.3 is 0 Å². The van der Waals surface area contributed by atoms with E-state index in [-0.39, 0.29) is 0 Å². The van der Waals surface area contributed by atoms with Crippen molar-refractivity contribution < 1.29 is 9.53 Å². The number of benzene rings is 1. The maximum atomic E-state index is 10.7. The third kappa shape index (κ3) is 3.04. The van der Waals surface area contributed by atoms with Crippen molar-refractivity contribution in [3.63, 3.8) is 0 Å². The quantitative estimate of drug-likeness (QED) is 0.788. The van der Waals surface area contributed by atoms with E-state index >= 15 is 0 Å². The number of methoxy groups -OCH3 is 1. The van der Waals surface area contributed by atoms with Gasteiger partial charge in [-0.2, -0.15) is 0 Å². The molecule has 1 rings (SSSR count). The van der Waals surface area contributed by atoms with Crippen LogP contribution in [0.1, 0.15) is 15.9 Å². The molecule has 0 amide bonds. The first-order valence-electron chi connectivity index (χ1n) is 4.54. The molecule has 4 heteroatoms. The van der Waals surface area contributed by atoms with E-state index in [9.17, 15) is 4.79 Å². The van der Waals surface area contributed by atoms with Gasteiger partial charge in [-0.3, -0.25) is 4.79 Å². The second kappa shape index (κ2) is 5.28. The summed E-state index contributed by atoms with van der Waals surface area (Å²) >= 11 is 3.39. The van der Waals surface area contributed by atoms with Crippen LogP contribution in [0.2, 0.25) is 0 Å². The van der Waals surface area contributed by atoms with Crippen LogP contribution in [-0.4, -0.2) is 32.4 Å². The van der Waals surface area contributed by atoms with Crippen LogP contribution in [0.3, 0.4) is 0 Å². The summed E-state index contributed by atoms with van der Waals surface area (Å²) in [6.45, 7) is 0.740. The highest BCUT2D eigenvalue weighted by Gasteiger charge is 2.10. The monoisotopic (exact) mass is 271 g/mol. The normalized spacial score (nSPS) is 10.5. The van der Waals surface area contributed by atoms with E-state index in [0.29, 0.717) is 5.56 Å². The van der Waals surface area contributed by atoms with E-state index in [1.54, 1.807) is 13.2 Å². The van der Waals surface area contributed by atoms with Crippen molar-refractivity contribution >= 4 is 22.2 Å². The molecular formula is C11H14BrNO2. The number of nitrogens with zero attached hydrogens (tertiary/aromatic N) is 1. The fourth-order valence-corrected chi connectivity index (χ4v) is 2.11. The Hall–Kier alpha value is -0.870. The topological polar surface area (TPSA) is 29.5 Å². The number of rotatable bonds is 4. The van der Waals surface area contributed by atoms with Gasteiger partial charge < -0.3 is 9.64 Å². The minimum absolute atomic E-state index is 0.652. The number of hydrogen-bond acceptors (Lipinski definition) is 3. The third-order valence-corrected chi connectivity index (χ3v) is 2.56. The van der Waals surface area contributed by atoms with Crippen molar-refractivity contribution in [1.82, 2.24) is 4.90 Å². The van der Waals surface area contributed by atoms with Gasteiger partial charge in [0, 0.05) is 17.7 Å². The van der Waals surface area contributed by atoms with Gasteiger partial charge in [-0.1, -0.05) is 0 Å². The van der Waals surface area contributed by atoms with E-state index in [0.717, 1.165) is 28.6 Å². The van der Waals surface area contributed by atoms with Crippen LogP contribution < -0.4 is 4.74 Å². The molecule has 82 valence electrons. The first-order valence-corrected chi connectivity index (χ1v) is 5.34. The Morgan fingerprint density at radius 1 is 1.47 bits per heavy atom. The molecule has 0 atom stereocenters. The molecule has 0 unspecified atom stereocenters. The number of hydrogen-bond donors (Lipinski definition) is 0.